The molecule has 5 nitrogen and oxygen atoms in total. The Labute approximate surface area is 165 Å². The van der Waals surface area contributed by atoms with Crippen LogP contribution in [0.5, 0.6) is 0 Å². The molecule has 1 aliphatic rings. The molecule has 0 radical (unpaired) electrons. The maximum absolute atomic E-state index is 6.54. The van der Waals surface area contributed by atoms with E-state index in [1.54, 1.807) is 11.8 Å². The zero-order valence-corrected chi connectivity index (χ0v) is 17.8. The van der Waals surface area contributed by atoms with E-state index in [9.17, 15) is 0 Å². The van der Waals surface area contributed by atoms with E-state index in [1.165, 1.54) is 0 Å². The van der Waals surface area contributed by atoms with Crippen LogP contribution in [0.3, 0.4) is 0 Å². The Bertz CT molecular complexity index is 716. The van der Waals surface area contributed by atoms with Crippen LogP contribution in [-0.2, 0) is 0 Å². The van der Waals surface area contributed by atoms with Crippen LogP contribution in [0.4, 0.5) is 5.69 Å². The lowest BCUT2D eigenvalue weighted by molar-refractivity contribution is 0.187. The predicted octanol–water partition coefficient (Wildman–Crippen LogP) is 3.84. The van der Waals surface area contributed by atoms with Crippen LogP contribution in [0.1, 0.15) is 27.7 Å². The molecule has 1 aliphatic heterocycles. The number of nitrogens with one attached hydrogen (secondary N) is 2. The molecule has 7 heteroatoms. The minimum atomic E-state index is 0.562. The van der Waals surface area contributed by atoms with E-state index >= 15 is 0 Å². The molecule has 1 fully saturated rings. The lowest BCUT2D eigenvalue weighted by Crippen LogP contribution is -2.43. The number of benzene rings is 1. The molecule has 0 atom stereocenters. The summed E-state index contributed by atoms with van der Waals surface area (Å²) in [6.45, 7) is 14.0. The Balaban J connectivity index is 1.69. The summed E-state index contributed by atoms with van der Waals surface area (Å²) in [6.07, 6.45) is 0. The summed E-state index contributed by atoms with van der Waals surface area (Å²) in [7, 11) is 0. The smallest absolute Gasteiger partial charge is 0.166 e. The van der Waals surface area contributed by atoms with E-state index in [4.69, 9.17) is 16.6 Å². The van der Waals surface area contributed by atoms with Crippen molar-refractivity contribution >= 4 is 40.1 Å². The molecule has 2 aromatic rings. The first kappa shape index (κ1) is 19.8. The highest BCUT2D eigenvalue weighted by atomic mass is 35.5. The third-order valence-electron chi connectivity index (χ3n) is 4.90. The largest absolute Gasteiger partial charge is 0.368 e. The lowest BCUT2D eigenvalue weighted by atomic mass is 10.2. The van der Waals surface area contributed by atoms with Crippen LogP contribution in [0.25, 0.3) is 11.0 Å². The maximum atomic E-state index is 6.54. The van der Waals surface area contributed by atoms with Gasteiger partial charge >= 0.3 is 0 Å². The van der Waals surface area contributed by atoms with Gasteiger partial charge in [0, 0.05) is 50.6 Å². The van der Waals surface area contributed by atoms with Crippen molar-refractivity contribution < 1.29 is 0 Å². The van der Waals surface area contributed by atoms with Gasteiger partial charge in [-0.2, -0.15) is 0 Å². The number of imidazole rings is 1. The van der Waals surface area contributed by atoms with Gasteiger partial charge in [0.15, 0.2) is 5.16 Å². The van der Waals surface area contributed by atoms with Crippen LogP contribution in [0.2, 0.25) is 5.02 Å². The average molecular weight is 396 g/mol. The van der Waals surface area contributed by atoms with E-state index in [0.29, 0.717) is 12.1 Å². The van der Waals surface area contributed by atoms with Crippen molar-refractivity contribution in [2.45, 2.75) is 44.9 Å². The number of piperazine rings is 1. The number of rotatable bonds is 7. The summed E-state index contributed by atoms with van der Waals surface area (Å²) >= 11 is 8.32. The van der Waals surface area contributed by atoms with Crippen LogP contribution >= 0.6 is 23.4 Å². The molecule has 1 aromatic heterocycles. The Morgan fingerprint density at radius 1 is 1.19 bits per heavy atom. The van der Waals surface area contributed by atoms with Gasteiger partial charge in [-0.25, -0.2) is 4.98 Å². The molecule has 1 aromatic carbocycles. The SMILES string of the molecule is CC(C)N(CCSc1nc2cc(N3CCNCC3)c(Cl)cc2[nH]1)C(C)C. The predicted molar refractivity (Wildman–Crippen MR) is 114 cm³/mol. The number of hydrogen-bond donors (Lipinski definition) is 2. The summed E-state index contributed by atoms with van der Waals surface area (Å²) in [5.41, 5.74) is 3.10. The van der Waals surface area contributed by atoms with Gasteiger partial charge in [0.05, 0.1) is 21.7 Å². The molecule has 26 heavy (non-hydrogen) atoms. The van der Waals surface area contributed by atoms with Crippen molar-refractivity contribution in [3.8, 4) is 0 Å². The average Bonchev–Trinajstić information content (AvgIpc) is 2.99. The summed E-state index contributed by atoms with van der Waals surface area (Å²) in [6, 6.07) is 5.26. The van der Waals surface area contributed by atoms with Crippen molar-refractivity contribution in [1.29, 1.82) is 0 Å². The molecule has 0 aliphatic carbocycles. The fourth-order valence-corrected chi connectivity index (χ4v) is 4.70. The van der Waals surface area contributed by atoms with Gasteiger partial charge in [0.25, 0.3) is 0 Å². The normalized spacial score (nSPS) is 15.8. The molecule has 0 saturated carbocycles. The summed E-state index contributed by atoms with van der Waals surface area (Å²) in [5, 5.41) is 5.15. The van der Waals surface area contributed by atoms with Gasteiger partial charge in [0.2, 0.25) is 0 Å². The molecule has 0 bridgehead atoms. The van der Waals surface area contributed by atoms with Gasteiger partial charge in [0.1, 0.15) is 0 Å². The highest BCUT2D eigenvalue weighted by Crippen LogP contribution is 2.31. The van der Waals surface area contributed by atoms with Crippen molar-refractivity contribution in [1.82, 2.24) is 20.2 Å². The second-order valence-electron chi connectivity index (χ2n) is 7.37. The van der Waals surface area contributed by atoms with Crippen LogP contribution in [0.15, 0.2) is 17.3 Å². The zero-order chi connectivity index (χ0) is 18.7. The van der Waals surface area contributed by atoms with Gasteiger partial charge in [-0.3, -0.25) is 4.90 Å². The third kappa shape index (κ3) is 4.66. The first-order valence-electron chi connectivity index (χ1n) is 9.49. The number of H-pyrrole nitrogens is 1. The minimum Gasteiger partial charge on any atom is -0.368 e. The lowest BCUT2D eigenvalue weighted by Gasteiger charge is -2.30. The molecule has 2 heterocycles. The van der Waals surface area contributed by atoms with Crippen LogP contribution < -0.4 is 10.2 Å². The van der Waals surface area contributed by atoms with E-state index < -0.39 is 0 Å². The van der Waals surface area contributed by atoms with E-state index in [0.717, 1.165) is 65.4 Å². The van der Waals surface area contributed by atoms with Crippen molar-refractivity contribution in [3.05, 3.63) is 17.2 Å². The molecule has 144 valence electrons. The number of nitrogens with zero attached hydrogens (tertiary/aromatic N) is 3. The molecule has 0 amide bonds. The molecule has 1 saturated heterocycles. The zero-order valence-electron chi connectivity index (χ0n) is 16.2. The number of aromatic amines is 1. The maximum Gasteiger partial charge on any atom is 0.166 e. The Morgan fingerprint density at radius 2 is 1.88 bits per heavy atom. The van der Waals surface area contributed by atoms with Gasteiger partial charge in [-0.05, 0) is 39.8 Å². The van der Waals surface area contributed by atoms with Gasteiger partial charge in [-0.15, -0.1) is 0 Å². The topological polar surface area (TPSA) is 47.2 Å². The third-order valence-corrected chi connectivity index (χ3v) is 6.06. The number of halogens is 1. The minimum absolute atomic E-state index is 0.562. The monoisotopic (exact) mass is 395 g/mol. The van der Waals surface area contributed by atoms with Crippen molar-refractivity contribution in [3.63, 3.8) is 0 Å². The van der Waals surface area contributed by atoms with Crippen LogP contribution in [-0.4, -0.2) is 65.4 Å². The van der Waals surface area contributed by atoms with Crippen molar-refractivity contribution in [2.75, 3.05) is 43.4 Å². The Hall–Kier alpha value is -0.950. The summed E-state index contributed by atoms with van der Waals surface area (Å²) in [5.74, 6) is 1.02. The van der Waals surface area contributed by atoms with Gasteiger partial charge in [-0.1, -0.05) is 23.4 Å². The number of hydrogen-bond acceptors (Lipinski definition) is 5. The fraction of sp³-hybridized carbons (Fsp3) is 0.632. The second-order valence-corrected chi connectivity index (χ2v) is 8.86. The first-order chi connectivity index (χ1) is 12.5. The molecular weight excluding hydrogens is 366 g/mol. The van der Waals surface area contributed by atoms with Gasteiger partial charge < -0.3 is 15.2 Å². The highest BCUT2D eigenvalue weighted by Gasteiger charge is 2.17. The Morgan fingerprint density at radius 3 is 2.54 bits per heavy atom. The number of fused-ring (bicyclic) bond motifs is 1. The second kappa shape index (κ2) is 8.83. The standard InChI is InChI=1S/C19H30ClN5S/c1-13(2)25(14(3)4)9-10-26-19-22-16-11-15(20)18(12-17(16)23-19)24-7-5-21-6-8-24/h11-14,21H,5-10H2,1-4H3,(H,22,23). The van der Waals surface area contributed by atoms with Crippen LogP contribution in [0, 0.1) is 0 Å². The summed E-state index contributed by atoms with van der Waals surface area (Å²) < 4.78 is 0. The fourth-order valence-electron chi connectivity index (χ4n) is 3.57. The number of anilines is 1. The molecular formula is C19H30ClN5S. The van der Waals surface area contributed by atoms with Crippen molar-refractivity contribution in [2.24, 2.45) is 0 Å². The molecule has 3 rings (SSSR count). The summed E-state index contributed by atoms with van der Waals surface area (Å²) in [4.78, 5) is 13.0. The highest BCUT2D eigenvalue weighted by molar-refractivity contribution is 7.99. The quantitative estimate of drug-likeness (QED) is 0.697. The molecule has 0 unspecified atom stereocenters. The van der Waals surface area contributed by atoms with E-state index in [-0.39, 0.29) is 0 Å². The van der Waals surface area contributed by atoms with E-state index in [1.807, 2.05) is 6.07 Å². The Kier molecular flexibility index (Phi) is 6.72. The molecule has 0 spiro atoms. The number of aromatic nitrogens is 2. The number of thioether (sulfide) groups is 1. The molecule has 2 N–H and O–H groups in total. The first-order valence-corrected chi connectivity index (χ1v) is 10.9. The van der Waals surface area contributed by atoms with E-state index in [2.05, 4.69) is 53.9 Å².